The molecule has 0 bridgehead atoms. The van der Waals surface area contributed by atoms with E-state index in [2.05, 4.69) is 5.32 Å². The van der Waals surface area contributed by atoms with E-state index in [1.807, 2.05) is 18.2 Å². The van der Waals surface area contributed by atoms with Gasteiger partial charge in [-0.1, -0.05) is 53.5 Å². The number of aliphatic hydroxyl groups is 1. The monoisotopic (exact) mass is 542 g/mol. The number of nitrogen functional groups attached to an aromatic ring is 1. The van der Waals surface area contributed by atoms with Crippen LogP contribution in [0.3, 0.4) is 0 Å². The number of carboxylic acids is 3. The molecular formula is C24H28Cl2N2O8. The zero-order valence-corrected chi connectivity index (χ0v) is 20.7. The van der Waals surface area contributed by atoms with Crippen molar-refractivity contribution >= 4 is 46.8 Å². The average Bonchev–Trinajstić information content (AvgIpc) is 2.83. The number of carboxylic acid groups (broad SMARTS) is 3. The topological polar surface area (TPSA) is 179 Å². The molecule has 2 aromatic carbocycles. The molecule has 0 aliphatic heterocycles. The van der Waals surface area contributed by atoms with Gasteiger partial charge in [0.1, 0.15) is 0 Å². The highest BCUT2D eigenvalue weighted by molar-refractivity contribution is 6.38. The maximum atomic E-state index is 11.4. The molecule has 0 aliphatic rings. The van der Waals surface area contributed by atoms with Crippen LogP contribution < -0.4 is 11.1 Å². The fraction of sp³-hybridized carbons (Fsp3) is 0.292. The summed E-state index contributed by atoms with van der Waals surface area (Å²) in [7, 11) is 0. The Morgan fingerprint density at radius 2 is 1.50 bits per heavy atom. The number of nitrogens with two attached hydrogens (primary N) is 1. The lowest BCUT2D eigenvalue weighted by molar-refractivity contribution is -0.139. The summed E-state index contributed by atoms with van der Waals surface area (Å²) in [6, 6.07) is 12.3. The molecule has 0 spiro atoms. The molecule has 36 heavy (non-hydrogen) atoms. The Labute approximate surface area is 217 Å². The minimum Gasteiger partial charge on any atom is -0.481 e. The van der Waals surface area contributed by atoms with Crippen molar-refractivity contribution in [3.63, 3.8) is 0 Å². The fourth-order valence-electron chi connectivity index (χ4n) is 2.86. The standard InChI is InChI=1S/C20H24Cl2N2O4.C4H4O4/c21-16-10-14(11-17(22)19(16)23)18(25)12-24-7-9-28-8-6-15(20(26)27)13-4-2-1-3-5-13;5-3(6)1-2-4(7)8/h1-5,10-11,15,18,24-25H,6-9,12,23H2,(H,26,27);1-2H,(H,5,6)(H,7,8). The lowest BCUT2D eigenvalue weighted by atomic mass is 9.96. The van der Waals surface area contributed by atoms with Crippen LogP contribution in [0.15, 0.2) is 54.6 Å². The van der Waals surface area contributed by atoms with Crippen LogP contribution in [0.25, 0.3) is 0 Å². The molecule has 0 aromatic heterocycles. The number of anilines is 1. The molecule has 0 aliphatic carbocycles. The average molecular weight is 543 g/mol. The van der Waals surface area contributed by atoms with Crippen LogP contribution in [0.5, 0.6) is 0 Å². The molecule has 0 heterocycles. The van der Waals surface area contributed by atoms with Gasteiger partial charge in [0.25, 0.3) is 0 Å². The number of benzene rings is 2. The Hall–Kier alpha value is -3.15. The van der Waals surface area contributed by atoms with E-state index in [0.717, 1.165) is 5.56 Å². The number of hydrogen-bond donors (Lipinski definition) is 6. The highest BCUT2D eigenvalue weighted by Crippen LogP contribution is 2.31. The van der Waals surface area contributed by atoms with E-state index in [4.69, 9.17) is 43.9 Å². The van der Waals surface area contributed by atoms with Crippen molar-refractivity contribution in [1.82, 2.24) is 5.32 Å². The fourth-order valence-corrected chi connectivity index (χ4v) is 3.37. The van der Waals surface area contributed by atoms with Crippen molar-refractivity contribution in [2.45, 2.75) is 18.4 Å². The smallest absolute Gasteiger partial charge is 0.328 e. The molecule has 10 nitrogen and oxygen atoms in total. The predicted molar refractivity (Wildman–Crippen MR) is 135 cm³/mol. The van der Waals surface area contributed by atoms with E-state index < -0.39 is 29.9 Å². The van der Waals surface area contributed by atoms with Gasteiger partial charge in [0.05, 0.1) is 34.4 Å². The summed E-state index contributed by atoms with van der Waals surface area (Å²) in [6.45, 7) is 1.54. The number of aliphatic hydroxyl groups excluding tert-OH is 1. The third kappa shape index (κ3) is 12.0. The van der Waals surface area contributed by atoms with E-state index in [1.54, 1.807) is 24.3 Å². The van der Waals surface area contributed by atoms with Gasteiger partial charge in [0, 0.05) is 31.8 Å². The Morgan fingerprint density at radius 1 is 0.944 bits per heavy atom. The van der Waals surface area contributed by atoms with Crippen LogP contribution in [0.1, 0.15) is 29.6 Å². The van der Waals surface area contributed by atoms with Crippen molar-refractivity contribution in [1.29, 1.82) is 0 Å². The Bertz CT molecular complexity index is 995. The summed E-state index contributed by atoms with van der Waals surface area (Å²) in [5.41, 5.74) is 7.31. The van der Waals surface area contributed by atoms with E-state index in [9.17, 15) is 24.6 Å². The molecule has 2 atom stereocenters. The zero-order chi connectivity index (χ0) is 27.1. The van der Waals surface area contributed by atoms with Crippen molar-refractivity contribution in [2.75, 3.05) is 32.0 Å². The second-order valence-electron chi connectivity index (χ2n) is 7.33. The summed E-state index contributed by atoms with van der Waals surface area (Å²) in [5, 5.41) is 38.9. The number of nitrogens with one attached hydrogen (secondary N) is 1. The first-order valence-electron chi connectivity index (χ1n) is 10.7. The number of halogens is 2. The Balaban J connectivity index is 0.000000697. The van der Waals surface area contributed by atoms with Crippen molar-refractivity contribution in [3.05, 3.63) is 75.8 Å². The summed E-state index contributed by atoms with van der Waals surface area (Å²) in [6.07, 6.45) is 0.722. The molecule has 0 amide bonds. The van der Waals surface area contributed by atoms with Gasteiger partial charge in [-0.05, 0) is 29.7 Å². The van der Waals surface area contributed by atoms with Gasteiger partial charge in [-0.25, -0.2) is 9.59 Å². The van der Waals surface area contributed by atoms with Crippen LogP contribution in [0.4, 0.5) is 5.69 Å². The summed E-state index contributed by atoms with van der Waals surface area (Å²) in [5.74, 6) is -3.97. The molecule has 0 saturated carbocycles. The van der Waals surface area contributed by atoms with Crippen LogP contribution in [-0.2, 0) is 19.1 Å². The number of rotatable bonds is 13. The van der Waals surface area contributed by atoms with E-state index >= 15 is 0 Å². The number of aliphatic carboxylic acids is 3. The normalized spacial score (nSPS) is 12.4. The first-order valence-corrected chi connectivity index (χ1v) is 11.4. The number of ether oxygens (including phenoxy) is 1. The van der Waals surface area contributed by atoms with Gasteiger partial charge >= 0.3 is 17.9 Å². The number of carbonyl (C=O) groups is 3. The van der Waals surface area contributed by atoms with Gasteiger partial charge in [0.15, 0.2) is 0 Å². The highest BCUT2D eigenvalue weighted by Gasteiger charge is 2.19. The van der Waals surface area contributed by atoms with Crippen LogP contribution in [-0.4, -0.2) is 64.6 Å². The maximum absolute atomic E-state index is 11.4. The first kappa shape index (κ1) is 30.9. The molecule has 2 aromatic rings. The number of hydrogen-bond acceptors (Lipinski definition) is 7. The van der Waals surface area contributed by atoms with Gasteiger partial charge < -0.3 is 36.2 Å². The zero-order valence-electron chi connectivity index (χ0n) is 19.1. The molecule has 0 radical (unpaired) electrons. The molecular weight excluding hydrogens is 515 g/mol. The van der Waals surface area contributed by atoms with E-state index in [0.29, 0.717) is 60.5 Å². The molecule has 0 fully saturated rings. The summed E-state index contributed by atoms with van der Waals surface area (Å²) in [4.78, 5) is 30.5. The van der Waals surface area contributed by atoms with Crippen molar-refractivity contribution in [2.24, 2.45) is 0 Å². The predicted octanol–water partition coefficient (Wildman–Crippen LogP) is 3.19. The van der Waals surface area contributed by atoms with Crippen LogP contribution in [0, 0.1) is 0 Å². The van der Waals surface area contributed by atoms with E-state index in [1.165, 1.54) is 0 Å². The van der Waals surface area contributed by atoms with Crippen molar-refractivity contribution in [3.8, 4) is 0 Å². The Kier molecular flexibility index (Phi) is 14.2. The lowest BCUT2D eigenvalue weighted by Gasteiger charge is -2.15. The quantitative estimate of drug-likeness (QED) is 0.125. The van der Waals surface area contributed by atoms with E-state index in [-0.39, 0.29) is 5.69 Å². The van der Waals surface area contributed by atoms with Crippen LogP contribution in [0.2, 0.25) is 10.0 Å². The lowest BCUT2D eigenvalue weighted by Crippen LogP contribution is -2.25. The third-order valence-corrected chi connectivity index (χ3v) is 5.29. The van der Waals surface area contributed by atoms with Crippen molar-refractivity contribution < 1.29 is 39.5 Å². The summed E-state index contributed by atoms with van der Waals surface area (Å²) < 4.78 is 5.51. The SMILES string of the molecule is Nc1c(Cl)cc(C(O)CNCCOCCC(C(=O)O)c2ccccc2)cc1Cl.O=C(O)C=CC(=O)O. The van der Waals surface area contributed by atoms with Crippen LogP contribution >= 0.6 is 23.2 Å². The minimum absolute atomic E-state index is 0.288. The molecule has 2 rings (SSSR count). The van der Waals surface area contributed by atoms with Gasteiger partial charge in [-0.3, -0.25) is 4.79 Å². The second kappa shape index (κ2) is 16.5. The molecule has 7 N–H and O–H groups in total. The molecule has 196 valence electrons. The van der Waals surface area contributed by atoms with Gasteiger partial charge in [-0.15, -0.1) is 0 Å². The summed E-state index contributed by atoms with van der Waals surface area (Å²) >= 11 is 11.9. The maximum Gasteiger partial charge on any atom is 0.328 e. The minimum atomic E-state index is -1.26. The highest BCUT2D eigenvalue weighted by atomic mass is 35.5. The largest absolute Gasteiger partial charge is 0.481 e. The van der Waals surface area contributed by atoms with Gasteiger partial charge in [-0.2, -0.15) is 0 Å². The Morgan fingerprint density at radius 3 is 2.00 bits per heavy atom. The second-order valence-corrected chi connectivity index (χ2v) is 8.14. The molecule has 0 saturated heterocycles. The first-order chi connectivity index (χ1) is 17.0. The molecule has 2 unspecified atom stereocenters. The third-order valence-electron chi connectivity index (χ3n) is 4.67. The molecule has 12 heteroatoms. The van der Waals surface area contributed by atoms with Gasteiger partial charge in [0.2, 0.25) is 0 Å².